The maximum atomic E-state index is 11.9. The first kappa shape index (κ1) is 18.5. The fourth-order valence-electron chi connectivity index (χ4n) is 1.87. The second-order valence-corrected chi connectivity index (χ2v) is 5.74. The van der Waals surface area contributed by atoms with Crippen LogP contribution in [0.3, 0.4) is 0 Å². The predicted octanol–water partition coefficient (Wildman–Crippen LogP) is 2.06. The molecule has 2 aromatic rings. The number of ether oxygens (including phenoxy) is 2. The zero-order chi connectivity index (χ0) is 18.1. The first-order valence-corrected chi connectivity index (χ1v) is 8.42. The van der Waals surface area contributed by atoms with Crippen molar-refractivity contribution in [3.63, 3.8) is 0 Å². The van der Waals surface area contributed by atoms with Crippen molar-refractivity contribution in [1.29, 1.82) is 0 Å². The van der Waals surface area contributed by atoms with Gasteiger partial charge in [-0.1, -0.05) is 6.07 Å². The maximum absolute atomic E-state index is 11.9. The number of nitrogens with one attached hydrogen (secondary N) is 2. The quantitative estimate of drug-likeness (QED) is 0.701. The molecular weight excluding hydrogens is 344 g/mol. The molecule has 0 bridgehead atoms. The minimum Gasteiger partial charge on any atom is -0.482 e. The molecule has 2 amide bonds. The number of rotatable bonds is 8. The summed E-state index contributed by atoms with van der Waals surface area (Å²) in [4.78, 5) is 34.7. The summed E-state index contributed by atoms with van der Waals surface area (Å²) in [6.45, 7) is 0.0293. The lowest BCUT2D eigenvalue weighted by atomic mass is 10.2. The molecule has 2 rings (SSSR count). The van der Waals surface area contributed by atoms with Gasteiger partial charge in [-0.2, -0.15) is 11.3 Å². The average molecular weight is 362 g/mol. The van der Waals surface area contributed by atoms with Gasteiger partial charge >= 0.3 is 5.97 Å². The lowest BCUT2D eigenvalue weighted by Gasteiger charge is -2.09. The molecule has 0 fully saturated rings. The molecule has 2 N–H and O–H groups in total. The Morgan fingerprint density at radius 3 is 2.76 bits per heavy atom. The minimum atomic E-state index is -0.490. The van der Waals surface area contributed by atoms with Gasteiger partial charge < -0.3 is 20.1 Å². The van der Waals surface area contributed by atoms with Crippen LogP contribution in [0.4, 0.5) is 5.69 Å². The molecule has 25 heavy (non-hydrogen) atoms. The molecule has 0 aliphatic carbocycles. The SMILES string of the molecule is COC(=O)COc1cccc(NC(=O)CCNC(=O)c2ccsc2)c1. The van der Waals surface area contributed by atoms with Gasteiger partial charge in [-0.25, -0.2) is 4.79 Å². The van der Waals surface area contributed by atoms with E-state index in [1.165, 1.54) is 18.4 Å². The highest BCUT2D eigenvalue weighted by molar-refractivity contribution is 7.08. The highest BCUT2D eigenvalue weighted by Gasteiger charge is 2.08. The Morgan fingerprint density at radius 1 is 1.20 bits per heavy atom. The van der Waals surface area contributed by atoms with Gasteiger partial charge in [0, 0.05) is 35.7 Å². The number of anilines is 1. The number of carbonyl (C=O) groups excluding carboxylic acids is 3. The first-order chi connectivity index (χ1) is 12.1. The second-order valence-electron chi connectivity index (χ2n) is 4.96. The van der Waals surface area contributed by atoms with Gasteiger partial charge in [0.1, 0.15) is 5.75 Å². The molecular formula is C17H18N2O5S. The van der Waals surface area contributed by atoms with E-state index >= 15 is 0 Å². The molecule has 1 aromatic heterocycles. The summed E-state index contributed by atoms with van der Waals surface area (Å²) in [6.07, 6.45) is 0.142. The maximum Gasteiger partial charge on any atom is 0.343 e. The minimum absolute atomic E-state index is 0.142. The van der Waals surface area contributed by atoms with Gasteiger partial charge in [0.15, 0.2) is 6.61 Å². The number of hydrogen-bond acceptors (Lipinski definition) is 6. The van der Waals surface area contributed by atoms with E-state index in [4.69, 9.17) is 4.74 Å². The molecule has 1 heterocycles. The van der Waals surface area contributed by atoms with E-state index in [-0.39, 0.29) is 31.4 Å². The van der Waals surface area contributed by atoms with Gasteiger partial charge in [-0.3, -0.25) is 9.59 Å². The van der Waals surface area contributed by atoms with Crippen LogP contribution in [0.15, 0.2) is 41.1 Å². The van der Waals surface area contributed by atoms with Gasteiger partial charge in [0.05, 0.1) is 7.11 Å². The summed E-state index contributed by atoms with van der Waals surface area (Å²) in [6, 6.07) is 8.39. The van der Waals surface area contributed by atoms with Crippen LogP contribution < -0.4 is 15.4 Å². The number of hydrogen-bond donors (Lipinski definition) is 2. The molecule has 132 valence electrons. The third-order valence-electron chi connectivity index (χ3n) is 3.12. The smallest absolute Gasteiger partial charge is 0.343 e. The van der Waals surface area contributed by atoms with E-state index in [1.807, 2.05) is 5.38 Å². The zero-order valence-electron chi connectivity index (χ0n) is 13.6. The number of amides is 2. The highest BCUT2D eigenvalue weighted by Crippen LogP contribution is 2.17. The van der Waals surface area contributed by atoms with Crippen molar-refractivity contribution < 1.29 is 23.9 Å². The number of esters is 1. The number of carbonyl (C=O) groups is 3. The summed E-state index contributed by atoms with van der Waals surface area (Å²) in [5.74, 6) is -0.493. The van der Waals surface area contributed by atoms with E-state index in [0.717, 1.165) is 0 Å². The van der Waals surface area contributed by atoms with Gasteiger partial charge in [-0.15, -0.1) is 0 Å². The summed E-state index contributed by atoms with van der Waals surface area (Å²) >= 11 is 1.44. The van der Waals surface area contributed by atoms with Crippen LogP contribution in [0.25, 0.3) is 0 Å². The Morgan fingerprint density at radius 2 is 2.04 bits per heavy atom. The van der Waals surface area contributed by atoms with Crippen molar-refractivity contribution in [3.8, 4) is 5.75 Å². The molecule has 0 atom stereocenters. The normalized spacial score (nSPS) is 9.96. The Labute approximate surface area is 148 Å². The van der Waals surface area contributed by atoms with Crippen molar-refractivity contribution in [3.05, 3.63) is 46.7 Å². The molecule has 0 saturated carbocycles. The number of thiophene rings is 1. The van der Waals surface area contributed by atoms with Crippen LogP contribution in [0, 0.1) is 0 Å². The Bertz CT molecular complexity index is 730. The van der Waals surface area contributed by atoms with Crippen LogP contribution in [0.5, 0.6) is 5.75 Å². The third-order valence-corrected chi connectivity index (χ3v) is 3.81. The lowest BCUT2D eigenvalue weighted by Crippen LogP contribution is -2.27. The lowest BCUT2D eigenvalue weighted by molar-refractivity contribution is -0.142. The van der Waals surface area contributed by atoms with Crippen LogP contribution >= 0.6 is 11.3 Å². The fourth-order valence-corrected chi connectivity index (χ4v) is 2.51. The third kappa shape index (κ3) is 6.27. The second kappa shape index (κ2) is 9.43. The summed E-state index contributed by atoms with van der Waals surface area (Å²) < 4.78 is 9.74. The Kier molecular flexibility index (Phi) is 6.97. The molecule has 0 spiro atoms. The number of methoxy groups -OCH3 is 1. The Balaban J connectivity index is 1.76. The van der Waals surface area contributed by atoms with Crippen molar-refractivity contribution in [1.82, 2.24) is 5.32 Å². The molecule has 0 unspecified atom stereocenters. The highest BCUT2D eigenvalue weighted by atomic mass is 32.1. The predicted molar refractivity (Wildman–Crippen MR) is 93.9 cm³/mol. The van der Waals surface area contributed by atoms with Gasteiger partial charge in [0.2, 0.25) is 5.91 Å². The standard InChI is InChI=1S/C17H18N2O5S/c1-23-16(21)10-24-14-4-2-3-13(9-14)19-15(20)5-7-18-17(22)12-6-8-25-11-12/h2-4,6,8-9,11H,5,7,10H2,1H3,(H,18,22)(H,19,20). The van der Waals surface area contributed by atoms with Crippen LogP contribution in [-0.4, -0.2) is 38.0 Å². The molecule has 0 saturated heterocycles. The fraction of sp³-hybridized carbons (Fsp3) is 0.235. The molecule has 0 radical (unpaired) electrons. The van der Waals surface area contributed by atoms with E-state index in [2.05, 4.69) is 15.4 Å². The van der Waals surface area contributed by atoms with Crippen molar-refractivity contribution in [2.75, 3.05) is 25.6 Å². The summed E-state index contributed by atoms with van der Waals surface area (Å²) in [7, 11) is 1.28. The molecule has 7 nitrogen and oxygen atoms in total. The first-order valence-electron chi connectivity index (χ1n) is 7.48. The van der Waals surface area contributed by atoms with E-state index in [0.29, 0.717) is 17.0 Å². The van der Waals surface area contributed by atoms with E-state index < -0.39 is 5.97 Å². The molecule has 8 heteroatoms. The van der Waals surface area contributed by atoms with Crippen molar-refractivity contribution >= 4 is 34.8 Å². The number of benzene rings is 1. The Hall–Kier alpha value is -2.87. The largest absolute Gasteiger partial charge is 0.482 e. The average Bonchev–Trinajstić information content (AvgIpc) is 3.14. The van der Waals surface area contributed by atoms with E-state index in [1.54, 1.807) is 35.7 Å². The van der Waals surface area contributed by atoms with E-state index in [9.17, 15) is 14.4 Å². The van der Waals surface area contributed by atoms with Crippen LogP contribution in [0.2, 0.25) is 0 Å². The zero-order valence-corrected chi connectivity index (χ0v) is 14.4. The molecule has 0 aliphatic heterocycles. The topological polar surface area (TPSA) is 93.7 Å². The van der Waals surface area contributed by atoms with Crippen LogP contribution in [0.1, 0.15) is 16.8 Å². The van der Waals surface area contributed by atoms with Crippen molar-refractivity contribution in [2.24, 2.45) is 0 Å². The van der Waals surface area contributed by atoms with Gasteiger partial charge in [-0.05, 0) is 23.6 Å². The molecule has 1 aromatic carbocycles. The monoisotopic (exact) mass is 362 g/mol. The summed E-state index contributed by atoms with van der Waals surface area (Å²) in [5.41, 5.74) is 1.12. The summed E-state index contributed by atoms with van der Waals surface area (Å²) in [5, 5.41) is 8.95. The van der Waals surface area contributed by atoms with Crippen LogP contribution in [-0.2, 0) is 14.3 Å². The van der Waals surface area contributed by atoms with Gasteiger partial charge in [0.25, 0.3) is 5.91 Å². The van der Waals surface area contributed by atoms with Crippen molar-refractivity contribution in [2.45, 2.75) is 6.42 Å². The molecule has 0 aliphatic rings.